The first-order chi connectivity index (χ1) is 11.0. The molecular weight excluding hydrogens is 316 g/mol. The minimum atomic E-state index is -0.178. The predicted molar refractivity (Wildman–Crippen MR) is 92.9 cm³/mol. The average Bonchev–Trinajstić information content (AvgIpc) is 2.56. The Bertz CT molecular complexity index is 704. The summed E-state index contributed by atoms with van der Waals surface area (Å²) in [6.07, 6.45) is 0. The van der Waals surface area contributed by atoms with Gasteiger partial charge in [-0.2, -0.15) is 0 Å². The molecule has 2 aromatic rings. The number of anilines is 2. The number of amides is 1. The minimum absolute atomic E-state index is 0.105. The van der Waals surface area contributed by atoms with Gasteiger partial charge in [0.2, 0.25) is 5.91 Å². The summed E-state index contributed by atoms with van der Waals surface area (Å²) in [5.74, 6) is 1.12. The second-order valence-electron chi connectivity index (χ2n) is 4.93. The number of aryl methyl sites for hydroxylation is 1. The molecule has 1 amide bonds. The maximum Gasteiger partial charge on any atom is 0.243 e. The number of nitrogens with one attached hydrogen (secondary N) is 2. The van der Waals surface area contributed by atoms with E-state index in [1.54, 1.807) is 38.5 Å². The van der Waals surface area contributed by atoms with Crippen LogP contribution in [-0.2, 0) is 4.79 Å². The van der Waals surface area contributed by atoms with E-state index in [2.05, 4.69) is 10.6 Å². The molecule has 0 aliphatic carbocycles. The first-order valence-corrected chi connectivity index (χ1v) is 7.43. The molecule has 2 aromatic carbocycles. The maximum atomic E-state index is 12.0. The van der Waals surface area contributed by atoms with Crippen molar-refractivity contribution in [1.82, 2.24) is 0 Å². The molecule has 0 atom stereocenters. The molecule has 23 heavy (non-hydrogen) atoms. The Kier molecular flexibility index (Phi) is 5.71. The molecule has 0 unspecified atom stereocenters. The third-order valence-corrected chi connectivity index (χ3v) is 3.71. The summed E-state index contributed by atoms with van der Waals surface area (Å²) < 4.78 is 10.4. The van der Waals surface area contributed by atoms with Crippen LogP contribution < -0.4 is 20.1 Å². The van der Waals surface area contributed by atoms with Gasteiger partial charge in [0.1, 0.15) is 11.5 Å². The number of carbonyl (C=O) groups is 1. The SMILES string of the molecule is COc1ccc(NCC(=O)Nc2ccc(C)c(Cl)c2)c(OC)c1. The fourth-order valence-corrected chi connectivity index (χ4v) is 2.18. The molecule has 0 aromatic heterocycles. The predicted octanol–water partition coefficient (Wildman–Crippen LogP) is 3.72. The van der Waals surface area contributed by atoms with Crippen molar-refractivity contribution in [3.63, 3.8) is 0 Å². The summed E-state index contributed by atoms with van der Waals surface area (Å²) in [6.45, 7) is 2.01. The monoisotopic (exact) mass is 334 g/mol. The highest BCUT2D eigenvalue weighted by molar-refractivity contribution is 6.31. The standard InChI is InChI=1S/C17H19ClN2O3/c1-11-4-5-12(8-14(11)18)20-17(21)10-19-15-7-6-13(22-2)9-16(15)23-3/h4-9,19H,10H2,1-3H3,(H,20,21). The zero-order chi connectivity index (χ0) is 16.8. The summed E-state index contributed by atoms with van der Waals surface area (Å²) in [5, 5.41) is 6.44. The summed E-state index contributed by atoms with van der Waals surface area (Å²) in [7, 11) is 3.15. The van der Waals surface area contributed by atoms with Crippen LogP contribution in [0.25, 0.3) is 0 Å². The van der Waals surface area contributed by atoms with Crippen LogP contribution in [0.15, 0.2) is 36.4 Å². The molecule has 0 aliphatic rings. The van der Waals surface area contributed by atoms with E-state index in [1.807, 2.05) is 19.1 Å². The number of methoxy groups -OCH3 is 2. The molecule has 0 radical (unpaired) electrons. The number of rotatable bonds is 6. The largest absolute Gasteiger partial charge is 0.497 e. The van der Waals surface area contributed by atoms with Crippen molar-refractivity contribution in [3.8, 4) is 11.5 Å². The van der Waals surface area contributed by atoms with Crippen LogP contribution in [0.4, 0.5) is 11.4 Å². The first kappa shape index (κ1) is 17.0. The lowest BCUT2D eigenvalue weighted by Gasteiger charge is -2.13. The quantitative estimate of drug-likeness (QED) is 0.845. The third kappa shape index (κ3) is 4.53. The van der Waals surface area contributed by atoms with E-state index < -0.39 is 0 Å². The van der Waals surface area contributed by atoms with Gasteiger partial charge >= 0.3 is 0 Å². The van der Waals surface area contributed by atoms with E-state index in [0.29, 0.717) is 27.9 Å². The second-order valence-corrected chi connectivity index (χ2v) is 5.34. The van der Waals surface area contributed by atoms with Crippen LogP contribution in [0, 0.1) is 6.92 Å². The molecule has 0 saturated heterocycles. The molecule has 122 valence electrons. The Hall–Kier alpha value is -2.40. The van der Waals surface area contributed by atoms with Gasteiger partial charge in [-0.1, -0.05) is 17.7 Å². The summed E-state index contributed by atoms with van der Waals surface area (Å²) in [5.41, 5.74) is 2.34. The van der Waals surface area contributed by atoms with Gasteiger partial charge in [0.05, 0.1) is 26.5 Å². The fourth-order valence-electron chi connectivity index (χ4n) is 2.00. The van der Waals surface area contributed by atoms with Crippen molar-refractivity contribution < 1.29 is 14.3 Å². The van der Waals surface area contributed by atoms with Crippen molar-refractivity contribution in [2.75, 3.05) is 31.4 Å². The van der Waals surface area contributed by atoms with Crippen LogP contribution in [-0.4, -0.2) is 26.7 Å². The molecule has 0 saturated carbocycles. The van der Waals surface area contributed by atoms with Crippen molar-refractivity contribution in [2.24, 2.45) is 0 Å². The lowest BCUT2D eigenvalue weighted by Crippen LogP contribution is -2.22. The van der Waals surface area contributed by atoms with E-state index in [4.69, 9.17) is 21.1 Å². The van der Waals surface area contributed by atoms with Crippen LogP contribution in [0.5, 0.6) is 11.5 Å². The average molecular weight is 335 g/mol. The Morgan fingerprint density at radius 2 is 1.91 bits per heavy atom. The van der Waals surface area contributed by atoms with Crippen LogP contribution in [0.3, 0.4) is 0 Å². The number of halogens is 1. The number of benzene rings is 2. The Morgan fingerprint density at radius 3 is 2.57 bits per heavy atom. The van der Waals surface area contributed by atoms with Gasteiger partial charge < -0.3 is 20.1 Å². The number of hydrogen-bond acceptors (Lipinski definition) is 4. The van der Waals surface area contributed by atoms with E-state index >= 15 is 0 Å². The molecule has 0 heterocycles. The van der Waals surface area contributed by atoms with Crippen molar-refractivity contribution in [1.29, 1.82) is 0 Å². The first-order valence-electron chi connectivity index (χ1n) is 7.05. The Balaban J connectivity index is 1.97. The van der Waals surface area contributed by atoms with Crippen LogP contribution in [0.2, 0.25) is 5.02 Å². The highest BCUT2D eigenvalue weighted by atomic mass is 35.5. The number of carbonyl (C=O) groups excluding carboxylic acids is 1. The van der Waals surface area contributed by atoms with Gasteiger partial charge in [0.15, 0.2) is 0 Å². The molecule has 0 fully saturated rings. The molecule has 0 aliphatic heterocycles. The van der Waals surface area contributed by atoms with Gasteiger partial charge in [-0.15, -0.1) is 0 Å². The lowest BCUT2D eigenvalue weighted by atomic mass is 10.2. The number of hydrogen-bond donors (Lipinski definition) is 2. The second kappa shape index (κ2) is 7.74. The van der Waals surface area contributed by atoms with Gasteiger partial charge in [-0.3, -0.25) is 4.79 Å². The topological polar surface area (TPSA) is 59.6 Å². The minimum Gasteiger partial charge on any atom is -0.497 e. The van der Waals surface area contributed by atoms with E-state index in [9.17, 15) is 4.79 Å². The zero-order valence-corrected chi connectivity index (χ0v) is 14.0. The number of ether oxygens (including phenoxy) is 2. The molecule has 5 nitrogen and oxygen atoms in total. The molecule has 0 spiro atoms. The Labute approximate surface area is 140 Å². The van der Waals surface area contributed by atoms with Crippen LogP contribution >= 0.6 is 11.6 Å². The van der Waals surface area contributed by atoms with Gasteiger partial charge in [-0.05, 0) is 36.8 Å². The summed E-state index contributed by atoms with van der Waals surface area (Å²) in [4.78, 5) is 12.0. The molecule has 6 heteroatoms. The smallest absolute Gasteiger partial charge is 0.243 e. The maximum absolute atomic E-state index is 12.0. The van der Waals surface area contributed by atoms with Crippen molar-refractivity contribution in [2.45, 2.75) is 6.92 Å². The fraction of sp³-hybridized carbons (Fsp3) is 0.235. The van der Waals surface area contributed by atoms with Gasteiger partial charge in [0, 0.05) is 16.8 Å². The molecular formula is C17H19ClN2O3. The van der Waals surface area contributed by atoms with Crippen molar-refractivity contribution >= 4 is 28.9 Å². The highest BCUT2D eigenvalue weighted by Gasteiger charge is 2.08. The Morgan fingerprint density at radius 1 is 1.13 bits per heavy atom. The highest BCUT2D eigenvalue weighted by Crippen LogP contribution is 2.28. The van der Waals surface area contributed by atoms with E-state index in [0.717, 1.165) is 5.56 Å². The van der Waals surface area contributed by atoms with Gasteiger partial charge in [-0.25, -0.2) is 0 Å². The summed E-state index contributed by atoms with van der Waals surface area (Å²) in [6, 6.07) is 10.7. The molecule has 2 N–H and O–H groups in total. The van der Waals surface area contributed by atoms with E-state index in [-0.39, 0.29) is 12.5 Å². The normalized spacial score (nSPS) is 10.1. The zero-order valence-electron chi connectivity index (χ0n) is 13.3. The van der Waals surface area contributed by atoms with Gasteiger partial charge in [0.25, 0.3) is 0 Å². The molecule has 0 bridgehead atoms. The third-order valence-electron chi connectivity index (χ3n) is 3.30. The molecule has 2 rings (SSSR count). The van der Waals surface area contributed by atoms with E-state index in [1.165, 1.54) is 0 Å². The lowest BCUT2D eigenvalue weighted by molar-refractivity contribution is -0.114. The van der Waals surface area contributed by atoms with Crippen molar-refractivity contribution in [3.05, 3.63) is 47.0 Å². The van der Waals surface area contributed by atoms with Crippen LogP contribution in [0.1, 0.15) is 5.56 Å². The summed E-state index contributed by atoms with van der Waals surface area (Å²) >= 11 is 6.04.